The zero-order chi connectivity index (χ0) is 12.4. The molecule has 0 amide bonds. The Kier molecular flexibility index (Phi) is 2.91. The van der Waals surface area contributed by atoms with Gasteiger partial charge < -0.3 is 4.74 Å². The molecule has 1 heterocycles. The van der Waals surface area contributed by atoms with Crippen molar-refractivity contribution in [3.05, 3.63) is 47.5 Å². The molecule has 0 atom stereocenters. The van der Waals surface area contributed by atoms with Crippen molar-refractivity contribution in [1.82, 2.24) is 9.78 Å². The summed E-state index contributed by atoms with van der Waals surface area (Å²) in [6.45, 7) is 0. The third kappa shape index (κ3) is 2.04. The number of aryl methyl sites for hydroxylation is 1. The zero-order valence-corrected chi connectivity index (χ0v) is 9.48. The fraction of sp³-hybridized carbons (Fsp3) is 0.167. The van der Waals surface area contributed by atoms with Crippen molar-refractivity contribution in [1.29, 1.82) is 0 Å². The molecule has 0 fully saturated rings. The first-order chi connectivity index (χ1) is 8.13. The van der Waals surface area contributed by atoms with Gasteiger partial charge in [-0.05, 0) is 18.2 Å². The highest BCUT2D eigenvalue weighted by Crippen LogP contribution is 2.21. The molecule has 0 spiro atoms. The van der Waals surface area contributed by atoms with Crippen molar-refractivity contribution in [2.75, 3.05) is 7.11 Å². The highest BCUT2D eigenvalue weighted by Gasteiger charge is 2.18. The Hall–Kier alpha value is -2.17. The van der Waals surface area contributed by atoms with Gasteiger partial charge in [0.25, 0.3) is 0 Å². The predicted octanol–water partition coefficient (Wildman–Crippen LogP) is 1.80. The van der Waals surface area contributed by atoms with Crippen molar-refractivity contribution in [2.24, 2.45) is 7.05 Å². The first-order valence-corrected chi connectivity index (χ1v) is 5.00. The van der Waals surface area contributed by atoms with Crippen LogP contribution >= 0.6 is 0 Å². The first kappa shape index (κ1) is 11.3. The van der Waals surface area contributed by atoms with Crippen molar-refractivity contribution < 1.29 is 13.9 Å². The summed E-state index contributed by atoms with van der Waals surface area (Å²) in [7, 11) is 3.05. The standard InChI is InChI=1S/C12H11FN2O2/c1-15-7-6-9(14-15)12(16)8-4-3-5-10(17-2)11(8)13/h3-7H,1-2H3. The third-order valence-corrected chi connectivity index (χ3v) is 2.37. The van der Waals surface area contributed by atoms with Crippen molar-refractivity contribution in [3.8, 4) is 5.75 Å². The number of ether oxygens (including phenoxy) is 1. The van der Waals surface area contributed by atoms with E-state index in [0.29, 0.717) is 0 Å². The Labute approximate surface area is 97.6 Å². The molecule has 88 valence electrons. The van der Waals surface area contributed by atoms with Gasteiger partial charge >= 0.3 is 0 Å². The van der Waals surface area contributed by atoms with Gasteiger partial charge in [0, 0.05) is 13.2 Å². The lowest BCUT2D eigenvalue weighted by atomic mass is 10.1. The summed E-state index contributed by atoms with van der Waals surface area (Å²) < 4.78 is 20.2. The van der Waals surface area contributed by atoms with Crippen LogP contribution in [0.1, 0.15) is 16.1 Å². The molecule has 0 radical (unpaired) electrons. The number of rotatable bonds is 3. The SMILES string of the molecule is COc1cccc(C(=O)c2ccn(C)n2)c1F. The number of ketones is 1. The molecule has 0 aliphatic heterocycles. The van der Waals surface area contributed by atoms with E-state index >= 15 is 0 Å². The average molecular weight is 234 g/mol. The maximum absolute atomic E-state index is 13.8. The summed E-state index contributed by atoms with van der Waals surface area (Å²) >= 11 is 0. The Morgan fingerprint density at radius 2 is 2.18 bits per heavy atom. The highest BCUT2D eigenvalue weighted by molar-refractivity contribution is 6.08. The molecule has 0 unspecified atom stereocenters. The lowest BCUT2D eigenvalue weighted by molar-refractivity contribution is 0.102. The third-order valence-electron chi connectivity index (χ3n) is 2.37. The van der Waals surface area contributed by atoms with Crippen LogP contribution in [0.4, 0.5) is 4.39 Å². The summed E-state index contributed by atoms with van der Waals surface area (Å²) in [6, 6.07) is 5.98. The number of carbonyl (C=O) groups is 1. The van der Waals surface area contributed by atoms with E-state index in [4.69, 9.17) is 4.74 Å². The maximum atomic E-state index is 13.8. The van der Waals surface area contributed by atoms with Crippen molar-refractivity contribution in [3.63, 3.8) is 0 Å². The number of methoxy groups -OCH3 is 1. The number of hydrogen-bond acceptors (Lipinski definition) is 3. The molecule has 4 nitrogen and oxygen atoms in total. The largest absolute Gasteiger partial charge is 0.494 e. The van der Waals surface area contributed by atoms with Crippen LogP contribution in [-0.2, 0) is 7.05 Å². The first-order valence-electron chi connectivity index (χ1n) is 5.00. The van der Waals surface area contributed by atoms with Gasteiger partial charge in [-0.25, -0.2) is 4.39 Å². The quantitative estimate of drug-likeness (QED) is 0.760. The van der Waals surface area contributed by atoms with E-state index in [1.54, 1.807) is 25.4 Å². The van der Waals surface area contributed by atoms with E-state index in [0.717, 1.165) is 0 Å². The minimum atomic E-state index is -0.661. The zero-order valence-electron chi connectivity index (χ0n) is 9.48. The number of halogens is 1. The predicted molar refractivity (Wildman–Crippen MR) is 59.6 cm³/mol. The number of carbonyl (C=O) groups excluding carboxylic acids is 1. The Morgan fingerprint density at radius 1 is 1.41 bits per heavy atom. The smallest absolute Gasteiger partial charge is 0.216 e. The number of nitrogens with zero attached hydrogens (tertiary/aromatic N) is 2. The van der Waals surface area contributed by atoms with Crippen LogP contribution in [0.3, 0.4) is 0 Å². The number of aromatic nitrogens is 2. The minimum absolute atomic E-state index is 0.0388. The molecule has 1 aromatic carbocycles. The molecule has 0 N–H and O–H groups in total. The molecule has 0 saturated heterocycles. The summed E-state index contributed by atoms with van der Waals surface area (Å²) in [5.74, 6) is -1.07. The molecule has 0 bridgehead atoms. The topological polar surface area (TPSA) is 44.1 Å². The van der Waals surface area contributed by atoms with Gasteiger partial charge in [0.2, 0.25) is 5.78 Å². The van der Waals surface area contributed by atoms with Gasteiger partial charge in [0.05, 0.1) is 12.7 Å². The summed E-state index contributed by atoms with van der Waals surface area (Å²) in [4.78, 5) is 12.0. The molecule has 2 rings (SSSR count). The molecule has 2 aromatic rings. The molecule has 5 heteroatoms. The normalized spacial score (nSPS) is 10.3. The molecule has 1 aromatic heterocycles. The van der Waals surface area contributed by atoms with Gasteiger partial charge in [-0.2, -0.15) is 5.10 Å². The molecular formula is C12H11FN2O2. The molecule has 17 heavy (non-hydrogen) atoms. The van der Waals surface area contributed by atoms with Gasteiger partial charge in [-0.1, -0.05) is 6.07 Å². The van der Waals surface area contributed by atoms with E-state index < -0.39 is 11.6 Å². The Bertz CT molecular complexity index is 563. The summed E-state index contributed by atoms with van der Waals surface area (Å²) in [5.41, 5.74) is 0.169. The second-order valence-corrected chi connectivity index (χ2v) is 3.53. The van der Waals surface area contributed by atoms with E-state index in [1.165, 1.54) is 23.9 Å². The maximum Gasteiger partial charge on any atom is 0.216 e. The van der Waals surface area contributed by atoms with Gasteiger partial charge in [-0.15, -0.1) is 0 Å². The van der Waals surface area contributed by atoms with Crippen LogP contribution in [0.5, 0.6) is 5.75 Å². The average Bonchev–Trinajstić information content (AvgIpc) is 2.75. The Morgan fingerprint density at radius 3 is 2.76 bits per heavy atom. The van der Waals surface area contributed by atoms with Crippen LogP contribution in [0.15, 0.2) is 30.5 Å². The van der Waals surface area contributed by atoms with Crippen LogP contribution in [0, 0.1) is 5.82 Å². The van der Waals surface area contributed by atoms with Gasteiger partial charge in [0.1, 0.15) is 5.69 Å². The van der Waals surface area contributed by atoms with Crippen molar-refractivity contribution >= 4 is 5.78 Å². The lowest BCUT2D eigenvalue weighted by Crippen LogP contribution is -2.07. The highest BCUT2D eigenvalue weighted by atomic mass is 19.1. The second kappa shape index (κ2) is 4.37. The van der Waals surface area contributed by atoms with Crippen molar-refractivity contribution in [2.45, 2.75) is 0 Å². The lowest BCUT2D eigenvalue weighted by Gasteiger charge is -2.04. The van der Waals surface area contributed by atoms with Crippen LogP contribution in [0.2, 0.25) is 0 Å². The monoisotopic (exact) mass is 234 g/mol. The fourth-order valence-corrected chi connectivity index (χ4v) is 1.52. The van der Waals surface area contributed by atoms with E-state index in [-0.39, 0.29) is 17.0 Å². The number of benzene rings is 1. The summed E-state index contributed by atoms with van der Waals surface area (Å²) in [6.07, 6.45) is 1.63. The summed E-state index contributed by atoms with van der Waals surface area (Å²) in [5, 5.41) is 3.94. The van der Waals surface area contributed by atoms with Crippen LogP contribution < -0.4 is 4.74 Å². The number of hydrogen-bond donors (Lipinski definition) is 0. The van der Waals surface area contributed by atoms with E-state index in [2.05, 4.69) is 5.10 Å². The fourth-order valence-electron chi connectivity index (χ4n) is 1.52. The minimum Gasteiger partial charge on any atom is -0.494 e. The van der Waals surface area contributed by atoms with Crippen LogP contribution in [-0.4, -0.2) is 22.7 Å². The molecule has 0 aliphatic rings. The van der Waals surface area contributed by atoms with E-state index in [9.17, 15) is 9.18 Å². The molecule has 0 saturated carbocycles. The van der Waals surface area contributed by atoms with Gasteiger partial charge in [-0.3, -0.25) is 9.48 Å². The second-order valence-electron chi connectivity index (χ2n) is 3.53. The van der Waals surface area contributed by atoms with Gasteiger partial charge in [0.15, 0.2) is 11.6 Å². The Balaban J connectivity index is 2.44. The van der Waals surface area contributed by atoms with Crippen LogP contribution in [0.25, 0.3) is 0 Å². The van der Waals surface area contributed by atoms with E-state index in [1.807, 2.05) is 0 Å². The molecule has 0 aliphatic carbocycles. The molecular weight excluding hydrogens is 223 g/mol.